The molecule has 1 aliphatic heterocycles. The Hall–Kier alpha value is -2.43. The molecule has 138 valence electrons. The number of nitrogens with one attached hydrogen (secondary N) is 1. The first-order valence-corrected chi connectivity index (χ1v) is 7.71. The highest BCUT2D eigenvalue weighted by Crippen LogP contribution is 2.20. The molecule has 1 aliphatic rings. The third kappa shape index (κ3) is 5.28. The fraction of sp³-hybridized carbons (Fsp3) is 0.533. The van der Waals surface area contributed by atoms with E-state index in [1.807, 2.05) is 21.1 Å². The number of ether oxygens (including phenoxy) is 2. The number of carbonyl (C=O) groups excluding carboxylic acids is 1. The van der Waals surface area contributed by atoms with Gasteiger partial charge in [-0.05, 0) is 6.07 Å². The molecule has 0 radical (unpaired) electrons. The van der Waals surface area contributed by atoms with Gasteiger partial charge < -0.3 is 24.2 Å². The van der Waals surface area contributed by atoms with Gasteiger partial charge >= 0.3 is 11.8 Å². The SMILES string of the molecule is C[N+](C)(C)CCOC(=O)Nc1ccn(C2=CC(O)C(CO)O2)c(=O)n1. The van der Waals surface area contributed by atoms with E-state index in [2.05, 4.69) is 10.3 Å². The highest BCUT2D eigenvalue weighted by molar-refractivity contribution is 5.83. The standard InChI is InChI=1S/C15H22N4O6/c1-19(2,3)6-7-24-15(23)17-12-4-5-18(14(22)16-12)13-8-10(21)11(9-20)25-13/h4-5,8,10-11,20-21H,6-7,9H2,1-3H3/p+1. The molecule has 2 rings (SSSR count). The molecule has 1 amide bonds. The average Bonchev–Trinajstić information content (AvgIpc) is 2.86. The monoisotopic (exact) mass is 355 g/mol. The lowest BCUT2D eigenvalue weighted by Crippen LogP contribution is -2.38. The topological polar surface area (TPSA) is 123 Å². The summed E-state index contributed by atoms with van der Waals surface area (Å²) in [7, 11) is 5.92. The number of quaternary nitrogens is 1. The molecule has 2 unspecified atom stereocenters. The van der Waals surface area contributed by atoms with E-state index >= 15 is 0 Å². The highest BCUT2D eigenvalue weighted by atomic mass is 16.5. The van der Waals surface area contributed by atoms with Crippen molar-refractivity contribution in [2.45, 2.75) is 12.2 Å². The number of aliphatic hydroxyl groups is 2. The predicted molar refractivity (Wildman–Crippen MR) is 88.6 cm³/mol. The summed E-state index contributed by atoms with van der Waals surface area (Å²) in [6.07, 6.45) is 0.104. The maximum atomic E-state index is 12.0. The van der Waals surface area contributed by atoms with E-state index in [9.17, 15) is 14.7 Å². The van der Waals surface area contributed by atoms with Crippen molar-refractivity contribution in [1.29, 1.82) is 0 Å². The number of anilines is 1. The van der Waals surface area contributed by atoms with Crippen molar-refractivity contribution in [1.82, 2.24) is 9.55 Å². The summed E-state index contributed by atoms with van der Waals surface area (Å²) in [4.78, 5) is 27.5. The molecule has 0 spiro atoms. The van der Waals surface area contributed by atoms with Crippen LogP contribution in [0.1, 0.15) is 0 Å². The van der Waals surface area contributed by atoms with Crippen LogP contribution in [0.15, 0.2) is 23.1 Å². The van der Waals surface area contributed by atoms with Crippen molar-refractivity contribution in [3.63, 3.8) is 0 Å². The van der Waals surface area contributed by atoms with Gasteiger partial charge in [-0.15, -0.1) is 0 Å². The van der Waals surface area contributed by atoms with Gasteiger partial charge in [0.15, 0.2) is 6.10 Å². The van der Waals surface area contributed by atoms with E-state index < -0.39 is 24.0 Å². The molecule has 3 N–H and O–H groups in total. The molecule has 2 heterocycles. The first kappa shape index (κ1) is 18.9. The molecule has 0 saturated carbocycles. The number of aromatic nitrogens is 2. The second kappa shape index (κ2) is 7.64. The number of aliphatic hydroxyl groups excluding tert-OH is 2. The van der Waals surface area contributed by atoms with E-state index in [-0.39, 0.29) is 24.9 Å². The van der Waals surface area contributed by atoms with Crippen molar-refractivity contribution < 1.29 is 29.0 Å². The highest BCUT2D eigenvalue weighted by Gasteiger charge is 2.28. The minimum atomic E-state index is -1.01. The van der Waals surface area contributed by atoms with E-state index in [0.717, 1.165) is 4.57 Å². The van der Waals surface area contributed by atoms with Gasteiger partial charge in [-0.3, -0.25) is 5.32 Å². The second-order valence-corrected chi connectivity index (χ2v) is 6.57. The summed E-state index contributed by atoms with van der Waals surface area (Å²) < 4.78 is 12.0. The number of rotatable bonds is 6. The van der Waals surface area contributed by atoms with Crippen molar-refractivity contribution >= 4 is 17.8 Å². The van der Waals surface area contributed by atoms with Gasteiger partial charge in [0.1, 0.15) is 25.1 Å². The lowest BCUT2D eigenvalue weighted by Gasteiger charge is -2.23. The summed E-state index contributed by atoms with van der Waals surface area (Å²) in [5.74, 6) is 0.107. The van der Waals surface area contributed by atoms with Crippen molar-refractivity contribution in [3.05, 3.63) is 28.8 Å². The van der Waals surface area contributed by atoms with Gasteiger partial charge in [0.25, 0.3) is 0 Å². The first-order chi connectivity index (χ1) is 11.7. The predicted octanol–water partition coefficient (Wildman–Crippen LogP) is -0.952. The molecule has 0 fully saturated rings. The van der Waals surface area contributed by atoms with Gasteiger partial charge in [-0.25, -0.2) is 14.2 Å². The van der Waals surface area contributed by atoms with Crippen molar-refractivity contribution in [2.75, 3.05) is 46.2 Å². The Bertz CT molecular complexity index is 709. The van der Waals surface area contributed by atoms with Crippen LogP contribution < -0.4 is 11.0 Å². The number of hydrogen-bond acceptors (Lipinski definition) is 7. The maximum absolute atomic E-state index is 12.0. The number of carbonyl (C=O) groups is 1. The molecular weight excluding hydrogens is 332 g/mol. The lowest BCUT2D eigenvalue weighted by molar-refractivity contribution is -0.870. The molecule has 1 aromatic heterocycles. The molecule has 10 heteroatoms. The van der Waals surface area contributed by atoms with Crippen LogP contribution in [-0.2, 0) is 9.47 Å². The minimum Gasteiger partial charge on any atom is -0.470 e. The largest absolute Gasteiger partial charge is 0.470 e. The van der Waals surface area contributed by atoms with Gasteiger partial charge in [-0.1, -0.05) is 0 Å². The quantitative estimate of drug-likeness (QED) is 0.562. The third-order valence-corrected chi connectivity index (χ3v) is 3.41. The lowest BCUT2D eigenvalue weighted by atomic mass is 10.2. The van der Waals surface area contributed by atoms with E-state index in [1.165, 1.54) is 18.3 Å². The minimum absolute atomic E-state index is 0.0364. The average molecular weight is 355 g/mol. The summed E-state index contributed by atoms with van der Waals surface area (Å²) in [6, 6.07) is 1.39. The third-order valence-electron chi connectivity index (χ3n) is 3.41. The van der Waals surface area contributed by atoms with Gasteiger partial charge in [0.05, 0.1) is 27.7 Å². The summed E-state index contributed by atoms with van der Waals surface area (Å²) in [5.41, 5.74) is -0.707. The zero-order valence-corrected chi connectivity index (χ0v) is 14.4. The molecule has 25 heavy (non-hydrogen) atoms. The van der Waals surface area contributed by atoms with E-state index in [0.29, 0.717) is 11.0 Å². The van der Waals surface area contributed by atoms with Crippen LogP contribution in [-0.4, -0.2) is 83.4 Å². The Kier molecular flexibility index (Phi) is 5.77. The Morgan fingerprint density at radius 1 is 1.48 bits per heavy atom. The molecule has 1 aromatic rings. The van der Waals surface area contributed by atoms with E-state index in [1.54, 1.807) is 0 Å². The van der Waals surface area contributed by atoms with Crippen LogP contribution in [0.3, 0.4) is 0 Å². The van der Waals surface area contributed by atoms with Crippen LogP contribution in [0.5, 0.6) is 0 Å². The summed E-state index contributed by atoms with van der Waals surface area (Å²) in [5, 5.41) is 21.1. The zero-order valence-electron chi connectivity index (χ0n) is 14.4. The Labute approximate surface area is 144 Å². The second-order valence-electron chi connectivity index (χ2n) is 6.57. The Morgan fingerprint density at radius 2 is 2.20 bits per heavy atom. The number of likely N-dealkylation sites (N-methyl/N-ethyl adjacent to an activating group) is 1. The fourth-order valence-electron chi connectivity index (χ4n) is 1.99. The molecule has 0 aromatic carbocycles. The van der Waals surface area contributed by atoms with Crippen LogP contribution in [0.4, 0.5) is 10.6 Å². The Morgan fingerprint density at radius 3 is 2.76 bits per heavy atom. The molecule has 2 atom stereocenters. The van der Waals surface area contributed by atoms with Crippen molar-refractivity contribution in [2.24, 2.45) is 0 Å². The number of hydrogen-bond donors (Lipinski definition) is 3. The van der Waals surface area contributed by atoms with Crippen LogP contribution in [0, 0.1) is 0 Å². The van der Waals surface area contributed by atoms with Crippen LogP contribution >= 0.6 is 0 Å². The zero-order chi connectivity index (χ0) is 18.6. The summed E-state index contributed by atoms with van der Waals surface area (Å²) >= 11 is 0. The van der Waals surface area contributed by atoms with Gasteiger partial charge in [0, 0.05) is 12.3 Å². The van der Waals surface area contributed by atoms with Crippen molar-refractivity contribution in [3.8, 4) is 0 Å². The van der Waals surface area contributed by atoms with Gasteiger partial charge in [0.2, 0.25) is 5.88 Å². The molecule has 0 aliphatic carbocycles. The molecule has 0 bridgehead atoms. The molecule has 0 saturated heterocycles. The van der Waals surface area contributed by atoms with Crippen LogP contribution in [0.25, 0.3) is 5.88 Å². The van der Waals surface area contributed by atoms with E-state index in [4.69, 9.17) is 14.6 Å². The summed E-state index contributed by atoms with van der Waals surface area (Å²) in [6.45, 7) is 0.484. The number of nitrogens with zero attached hydrogens (tertiary/aromatic N) is 3. The first-order valence-electron chi connectivity index (χ1n) is 7.71. The van der Waals surface area contributed by atoms with Crippen LogP contribution in [0.2, 0.25) is 0 Å². The molecule has 10 nitrogen and oxygen atoms in total. The Balaban J connectivity index is 1.97. The normalized spacial score (nSPS) is 20.0. The molecular formula is C15H23N4O6+. The van der Waals surface area contributed by atoms with Gasteiger partial charge in [-0.2, -0.15) is 4.98 Å². The smallest absolute Gasteiger partial charge is 0.413 e. The maximum Gasteiger partial charge on any atom is 0.413 e. The fourth-order valence-corrected chi connectivity index (χ4v) is 1.99. The number of amides is 1.